The van der Waals surface area contributed by atoms with Crippen LogP contribution in [0.25, 0.3) is 0 Å². The maximum Gasteiger partial charge on any atom is 0.407 e. The number of primary amides is 1. The number of carbonyl (C=O) groups is 2. The molecule has 1 aliphatic rings. The van der Waals surface area contributed by atoms with E-state index in [-0.39, 0.29) is 11.6 Å². The number of carbonyl (C=O) groups excluding carboxylic acids is 2. The van der Waals surface area contributed by atoms with Gasteiger partial charge in [-0.1, -0.05) is 18.5 Å². The van der Waals surface area contributed by atoms with E-state index in [4.69, 9.17) is 22.1 Å². The first kappa shape index (κ1) is 20.3. The van der Waals surface area contributed by atoms with E-state index < -0.39 is 17.6 Å². The molecule has 1 saturated heterocycles. The van der Waals surface area contributed by atoms with Crippen LogP contribution in [0.5, 0.6) is 0 Å². The fraction of sp³-hybridized carbons (Fsp3) is 0.611. The minimum absolute atomic E-state index is 0.0284. The molecule has 1 aromatic rings. The molecule has 0 bridgehead atoms. The van der Waals surface area contributed by atoms with E-state index in [0.717, 1.165) is 19.4 Å². The predicted octanol–water partition coefficient (Wildman–Crippen LogP) is 2.96. The molecule has 2 rings (SSSR count). The zero-order chi connectivity index (χ0) is 19.5. The molecule has 0 saturated carbocycles. The van der Waals surface area contributed by atoms with Gasteiger partial charge in [0.25, 0.3) is 0 Å². The van der Waals surface area contributed by atoms with Crippen LogP contribution in [-0.2, 0) is 4.74 Å². The number of hydrogen-bond acceptors (Lipinski definition) is 5. The fourth-order valence-corrected chi connectivity index (χ4v) is 3.38. The summed E-state index contributed by atoms with van der Waals surface area (Å²) < 4.78 is 5.31. The first-order valence-electron chi connectivity index (χ1n) is 8.77. The Hall–Kier alpha value is -2.02. The van der Waals surface area contributed by atoms with E-state index in [0.29, 0.717) is 23.3 Å². The molecule has 1 aromatic heterocycles. The Kier molecular flexibility index (Phi) is 6.34. The van der Waals surface area contributed by atoms with Gasteiger partial charge in [0.2, 0.25) is 5.91 Å². The van der Waals surface area contributed by atoms with Crippen LogP contribution in [0.1, 0.15) is 50.9 Å². The number of pyridine rings is 1. The van der Waals surface area contributed by atoms with E-state index in [2.05, 4.69) is 22.1 Å². The highest BCUT2D eigenvalue weighted by atomic mass is 35.5. The Balaban J connectivity index is 2.15. The van der Waals surface area contributed by atoms with E-state index in [1.54, 1.807) is 0 Å². The summed E-state index contributed by atoms with van der Waals surface area (Å²) in [6.07, 6.45) is 3.04. The molecule has 3 N–H and O–H groups in total. The Morgan fingerprint density at radius 3 is 2.73 bits per heavy atom. The summed E-state index contributed by atoms with van der Waals surface area (Å²) in [4.78, 5) is 29.7. The van der Waals surface area contributed by atoms with Gasteiger partial charge in [-0.3, -0.25) is 4.79 Å². The summed E-state index contributed by atoms with van der Waals surface area (Å²) in [6.45, 7) is 8.81. The van der Waals surface area contributed by atoms with Gasteiger partial charge >= 0.3 is 6.09 Å². The van der Waals surface area contributed by atoms with Crippen LogP contribution in [0.3, 0.4) is 0 Å². The number of rotatable bonds is 4. The molecule has 1 fully saturated rings. The van der Waals surface area contributed by atoms with E-state index in [1.165, 1.54) is 12.3 Å². The van der Waals surface area contributed by atoms with Crippen LogP contribution in [0.2, 0.25) is 5.02 Å². The van der Waals surface area contributed by atoms with Gasteiger partial charge in [-0.05, 0) is 45.6 Å². The Morgan fingerprint density at radius 2 is 2.15 bits per heavy atom. The molecule has 2 heterocycles. The lowest BCUT2D eigenvalue weighted by Crippen LogP contribution is -2.51. The number of amides is 2. The highest BCUT2D eigenvalue weighted by molar-refractivity contribution is 6.33. The molecule has 0 spiro atoms. The van der Waals surface area contributed by atoms with Crippen LogP contribution in [0.15, 0.2) is 12.3 Å². The first-order valence-corrected chi connectivity index (χ1v) is 9.15. The highest BCUT2D eigenvalue weighted by Gasteiger charge is 2.31. The minimum Gasteiger partial charge on any atom is -0.444 e. The molecule has 0 aromatic carbocycles. The van der Waals surface area contributed by atoms with Crippen molar-refractivity contribution in [1.82, 2.24) is 10.3 Å². The zero-order valence-electron chi connectivity index (χ0n) is 15.7. The van der Waals surface area contributed by atoms with Gasteiger partial charge in [0.15, 0.2) is 0 Å². The average molecular weight is 383 g/mol. The number of alkyl carbamates (subject to hydrolysis) is 1. The first-order chi connectivity index (χ1) is 12.1. The lowest BCUT2D eigenvalue weighted by Gasteiger charge is -2.41. The van der Waals surface area contributed by atoms with Crippen molar-refractivity contribution in [2.24, 2.45) is 11.7 Å². The molecule has 26 heavy (non-hydrogen) atoms. The van der Waals surface area contributed by atoms with Crippen LogP contribution in [-0.4, -0.2) is 41.7 Å². The van der Waals surface area contributed by atoms with Gasteiger partial charge < -0.3 is 20.7 Å². The number of aromatic nitrogens is 1. The van der Waals surface area contributed by atoms with Crippen LogP contribution in [0, 0.1) is 5.92 Å². The molecule has 2 unspecified atom stereocenters. The van der Waals surface area contributed by atoms with Crippen molar-refractivity contribution in [1.29, 1.82) is 0 Å². The standard InChI is InChI=1S/C18H27ClN4O3/c1-11-6-5-7-23(14(11)10-22-17(25)26-18(2,3)4)16-13(19)8-12(9-21-16)15(20)24/h8-9,11,14H,5-7,10H2,1-4H3,(H2,20,24)(H,22,25). The quantitative estimate of drug-likeness (QED) is 0.834. The fourth-order valence-electron chi connectivity index (χ4n) is 3.10. The Labute approximate surface area is 159 Å². The molecular formula is C18H27ClN4O3. The summed E-state index contributed by atoms with van der Waals surface area (Å²) in [5.41, 5.74) is 5.01. The lowest BCUT2D eigenvalue weighted by molar-refractivity contribution is 0.0519. The van der Waals surface area contributed by atoms with Crippen molar-refractivity contribution < 1.29 is 14.3 Å². The van der Waals surface area contributed by atoms with E-state index >= 15 is 0 Å². The van der Waals surface area contributed by atoms with Crippen molar-refractivity contribution in [2.75, 3.05) is 18.0 Å². The second-order valence-electron chi connectivity index (χ2n) is 7.66. The third-order valence-electron chi connectivity index (χ3n) is 4.35. The second-order valence-corrected chi connectivity index (χ2v) is 8.06. The van der Waals surface area contributed by atoms with Crippen molar-refractivity contribution in [2.45, 2.75) is 52.2 Å². The second kappa shape index (κ2) is 8.12. The largest absolute Gasteiger partial charge is 0.444 e. The number of piperidine rings is 1. The van der Waals surface area contributed by atoms with Gasteiger partial charge in [0.1, 0.15) is 11.4 Å². The smallest absolute Gasteiger partial charge is 0.407 e. The normalized spacial score (nSPS) is 20.6. The number of halogens is 1. The van der Waals surface area contributed by atoms with Crippen LogP contribution in [0.4, 0.5) is 10.6 Å². The lowest BCUT2D eigenvalue weighted by atomic mass is 9.90. The highest BCUT2D eigenvalue weighted by Crippen LogP contribution is 2.32. The van der Waals surface area contributed by atoms with Gasteiger partial charge in [-0.15, -0.1) is 0 Å². The summed E-state index contributed by atoms with van der Waals surface area (Å²) >= 11 is 6.35. The van der Waals surface area contributed by atoms with E-state index in [9.17, 15) is 9.59 Å². The molecule has 1 aliphatic heterocycles. The molecule has 8 heteroatoms. The maximum absolute atomic E-state index is 12.0. The summed E-state index contributed by atoms with van der Waals surface area (Å²) in [5, 5.41) is 3.21. The Bertz CT molecular complexity index is 675. The monoisotopic (exact) mass is 382 g/mol. The van der Waals surface area contributed by atoms with E-state index in [1.807, 2.05) is 20.8 Å². The topological polar surface area (TPSA) is 97.5 Å². The number of nitrogens with two attached hydrogens (primary N) is 1. The molecule has 0 radical (unpaired) electrons. The predicted molar refractivity (Wildman–Crippen MR) is 102 cm³/mol. The number of nitrogens with one attached hydrogen (secondary N) is 1. The SMILES string of the molecule is CC1CCCN(c2ncc(C(N)=O)cc2Cl)C1CNC(=O)OC(C)(C)C. The van der Waals surface area contributed by atoms with Crippen molar-refractivity contribution in [3.8, 4) is 0 Å². The third kappa shape index (κ3) is 5.24. The maximum atomic E-state index is 12.0. The van der Waals surface area contributed by atoms with Crippen molar-refractivity contribution in [3.63, 3.8) is 0 Å². The molecule has 0 aliphatic carbocycles. The van der Waals surface area contributed by atoms with Gasteiger partial charge in [0, 0.05) is 19.3 Å². The molecule has 2 amide bonds. The molecule has 2 atom stereocenters. The van der Waals surface area contributed by atoms with Crippen LogP contribution < -0.4 is 16.0 Å². The number of hydrogen-bond donors (Lipinski definition) is 2. The zero-order valence-corrected chi connectivity index (χ0v) is 16.5. The minimum atomic E-state index is -0.568. The van der Waals surface area contributed by atoms with Gasteiger partial charge in [-0.2, -0.15) is 0 Å². The van der Waals surface area contributed by atoms with Crippen LogP contribution >= 0.6 is 11.6 Å². The molecular weight excluding hydrogens is 356 g/mol. The summed E-state index contributed by atoms with van der Waals surface area (Å²) in [5.74, 6) is 0.368. The number of ether oxygens (including phenoxy) is 1. The third-order valence-corrected chi connectivity index (χ3v) is 4.63. The average Bonchev–Trinajstić information content (AvgIpc) is 2.51. The van der Waals surface area contributed by atoms with Crippen molar-refractivity contribution >= 4 is 29.4 Å². The van der Waals surface area contributed by atoms with Gasteiger partial charge in [0.05, 0.1) is 16.6 Å². The molecule has 7 nitrogen and oxygen atoms in total. The Morgan fingerprint density at radius 1 is 1.46 bits per heavy atom. The molecule has 144 valence electrons. The summed E-state index contributed by atoms with van der Waals surface area (Å²) in [7, 11) is 0. The van der Waals surface area contributed by atoms with Gasteiger partial charge in [-0.25, -0.2) is 9.78 Å². The summed E-state index contributed by atoms with van der Waals surface area (Å²) in [6, 6.07) is 1.56. The number of nitrogens with zero attached hydrogens (tertiary/aromatic N) is 2. The van der Waals surface area contributed by atoms with Crippen molar-refractivity contribution in [3.05, 3.63) is 22.8 Å². The number of anilines is 1.